The molecule has 2 rings (SSSR count). The van der Waals surface area contributed by atoms with Gasteiger partial charge in [0.05, 0.1) is 5.56 Å². The van der Waals surface area contributed by atoms with Crippen LogP contribution < -0.4 is 0 Å². The third kappa shape index (κ3) is 2.33. The van der Waals surface area contributed by atoms with Gasteiger partial charge >= 0.3 is 5.97 Å². The molecule has 0 aromatic heterocycles. The van der Waals surface area contributed by atoms with E-state index >= 15 is 0 Å². The number of aromatic carboxylic acids is 1. The minimum atomic E-state index is -0.985. The van der Waals surface area contributed by atoms with Crippen molar-refractivity contribution in [2.24, 2.45) is 0 Å². The number of carboxylic acid groups (broad SMARTS) is 1. The molecule has 0 fully saturated rings. The lowest BCUT2D eigenvalue weighted by Crippen LogP contribution is -1.95. The van der Waals surface area contributed by atoms with Gasteiger partial charge in [0.2, 0.25) is 0 Å². The van der Waals surface area contributed by atoms with Crippen molar-refractivity contribution in [1.29, 1.82) is 0 Å². The van der Waals surface area contributed by atoms with E-state index in [1.54, 1.807) is 24.3 Å². The van der Waals surface area contributed by atoms with Crippen molar-refractivity contribution in [3.8, 4) is 11.1 Å². The van der Waals surface area contributed by atoms with Gasteiger partial charge in [0.1, 0.15) is 5.82 Å². The smallest absolute Gasteiger partial charge is 0.335 e. The molecule has 0 atom stereocenters. The van der Waals surface area contributed by atoms with Crippen LogP contribution >= 0.6 is 0 Å². The lowest BCUT2D eigenvalue weighted by Gasteiger charge is -2.05. The van der Waals surface area contributed by atoms with E-state index in [-0.39, 0.29) is 11.4 Å². The summed E-state index contributed by atoms with van der Waals surface area (Å²) in [5, 5.41) is 8.77. The molecule has 0 unspecified atom stereocenters. The van der Waals surface area contributed by atoms with Gasteiger partial charge < -0.3 is 5.11 Å². The second-order valence-electron chi connectivity index (χ2n) is 3.87. The summed E-state index contributed by atoms with van der Waals surface area (Å²) in [5.74, 6) is -1.29. The molecule has 0 amide bonds. The summed E-state index contributed by atoms with van der Waals surface area (Å²) in [7, 11) is 0. The fourth-order valence-corrected chi connectivity index (χ4v) is 1.65. The number of hydrogen-bond acceptors (Lipinski definition) is 1. The molecular formula is C14H11FO2. The zero-order chi connectivity index (χ0) is 12.4. The van der Waals surface area contributed by atoms with Crippen LogP contribution in [0.2, 0.25) is 0 Å². The second-order valence-corrected chi connectivity index (χ2v) is 3.87. The molecule has 1 N–H and O–H groups in total. The summed E-state index contributed by atoms with van der Waals surface area (Å²) >= 11 is 0. The summed E-state index contributed by atoms with van der Waals surface area (Å²) in [5.41, 5.74) is 2.32. The van der Waals surface area contributed by atoms with E-state index in [1.165, 1.54) is 18.2 Å². The Bertz CT molecular complexity index is 559. The highest BCUT2D eigenvalue weighted by Crippen LogP contribution is 2.24. The van der Waals surface area contributed by atoms with E-state index in [4.69, 9.17) is 5.11 Å². The van der Waals surface area contributed by atoms with Crippen LogP contribution in [0.5, 0.6) is 0 Å². The van der Waals surface area contributed by atoms with Crippen LogP contribution in [0, 0.1) is 12.7 Å². The Morgan fingerprint density at radius 1 is 1.12 bits per heavy atom. The van der Waals surface area contributed by atoms with Gasteiger partial charge in [-0.25, -0.2) is 9.18 Å². The standard InChI is InChI=1S/C14H11FO2/c1-9-2-7-13(15)12(8-9)10-3-5-11(6-4-10)14(16)17/h2-8H,1H3,(H,16,17). The van der Waals surface area contributed by atoms with Gasteiger partial charge in [0.25, 0.3) is 0 Å². The van der Waals surface area contributed by atoms with Gasteiger partial charge in [-0.05, 0) is 36.8 Å². The fourth-order valence-electron chi connectivity index (χ4n) is 1.65. The van der Waals surface area contributed by atoms with E-state index in [9.17, 15) is 9.18 Å². The Morgan fingerprint density at radius 3 is 2.35 bits per heavy atom. The van der Waals surface area contributed by atoms with Crippen LogP contribution in [0.15, 0.2) is 42.5 Å². The summed E-state index contributed by atoms with van der Waals surface area (Å²) in [6.45, 7) is 1.88. The average molecular weight is 230 g/mol. The van der Waals surface area contributed by atoms with Crippen LogP contribution in [0.3, 0.4) is 0 Å². The molecule has 0 bridgehead atoms. The number of carboxylic acids is 1. The predicted octanol–water partition coefficient (Wildman–Crippen LogP) is 3.50. The number of benzene rings is 2. The Kier molecular flexibility index (Phi) is 2.91. The molecule has 0 aliphatic heterocycles. The number of hydrogen-bond donors (Lipinski definition) is 1. The molecule has 2 aromatic rings. The Labute approximate surface area is 98.3 Å². The Balaban J connectivity index is 2.46. The van der Waals surface area contributed by atoms with Crippen LogP contribution in [-0.2, 0) is 0 Å². The van der Waals surface area contributed by atoms with E-state index < -0.39 is 5.97 Å². The van der Waals surface area contributed by atoms with E-state index in [1.807, 2.05) is 6.92 Å². The van der Waals surface area contributed by atoms with Gasteiger partial charge in [-0.2, -0.15) is 0 Å². The zero-order valence-corrected chi connectivity index (χ0v) is 9.27. The number of carbonyl (C=O) groups is 1. The number of aryl methyl sites for hydroxylation is 1. The summed E-state index contributed by atoms with van der Waals surface area (Å²) < 4.78 is 13.6. The van der Waals surface area contributed by atoms with E-state index in [2.05, 4.69) is 0 Å². The van der Waals surface area contributed by atoms with E-state index in [0.717, 1.165) is 5.56 Å². The molecule has 86 valence electrons. The normalized spacial score (nSPS) is 10.2. The lowest BCUT2D eigenvalue weighted by atomic mass is 10.0. The molecule has 0 aliphatic rings. The maximum atomic E-state index is 13.6. The van der Waals surface area contributed by atoms with Gasteiger partial charge in [0, 0.05) is 5.56 Å². The first-order valence-corrected chi connectivity index (χ1v) is 5.18. The highest BCUT2D eigenvalue weighted by atomic mass is 19.1. The van der Waals surface area contributed by atoms with Crippen LogP contribution in [0.25, 0.3) is 11.1 Å². The predicted molar refractivity (Wildman–Crippen MR) is 63.5 cm³/mol. The van der Waals surface area contributed by atoms with Crippen LogP contribution in [0.4, 0.5) is 4.39 Å². The lowest BCUT2D eigenvalue weighted by molar-refractivity contribution is 0.0697. The topological polar surface area (TPSA) is 37.3 Å². The number of halogens is 1. The molecular weight excluding hydrogens is 219 g/mol. The molecule has 2 aromatic carbocycles. The summed E-state index contributed by atoms with van der Waals surface area (Å²) in [6.07, 6.45) is 0. The minimum absolute atomic E-state index is 0.196. The summed E-state index contributed by atoms with van der Waals surface area (Å²) in [4.78, 5) is 10.7. The SMILES string of the molecule is Cc1ccc(F)c(-c2ccc(C(=O)O)cc2)c1. The second kappa shape index (κ2) is 4.37. The van der Waals surface area contributed by atoms with Gasteiger partial charge in [-0.3, -0.25) is 0 Å². The van der Waals surface area contributed by atoms with Gasteiger partial charge in [-0.15, -0.1) is 0 Å². The third-order valence-electron chi connectivity index (χ3n) is 2.56. The Hall–Kier alpha value is -2.16. The van der Waals surface area contributed by atoms with E-state index in [0.29, 0.717) is 11.1 Å². The molecule has 2 nitrogen and oxygen atoms in total. The third-order valence-corrected chi connectivity index (χ3v) is 2.56. The minimum Gasteiger partial charge on any atom is -0.478 e. The van der Waals surface area contributed by atoms with Crippen molar-refractivity contribution in [3.63, 3.8) is 0 Å². The van der Waals surface area contributed by atoms with Crippen molar-refractivity contribution >= 4 is 5.97 Å². The molecule has 0 heterocycles. The molecule has 3 heteroatoms. The first-order chi connectivity index (χ1) is 8.08. The maximum Gasteiger partial charge on any atom is 0.335 e. The van der Waals surface area contributed by atoms with Gasteiger partial charge in [0.15, 0.2) is 0 Å². The van der Waals surface area contributed by atoms with Crippen molar-refractivity contribution < 1.29 is 14.3 Å². The summed E-state index contributed by atoms with van der Waals surface area (Å²) in [6, 6.07) is 11.0. The molecule has 0 radical (unpaired) electrons. The van der Waals surface area contributed by atoms with Gasteiger partial charge in [-0.1, -0.05) is 23.8 Å². The molecule has 0 spiro atoms. The highest BCUT2D eigenvalue weighted by Gasteiger charge is 2.07. The maximum absolute atomic E-state index is 13.6. The fraction of sp³-hybridized carbons (Fsp3) is 0.0714. The highest BCUT2D eigenvalue weighted by molar-refractivity contribution is 5.88. The first-order valence-electron chi connectivity index (χ1n) is 5.18. The van der Waals surface area contributed by atoms with Crippen molar-refractivity contribution in [2.45, 2.75) is 6.92 Å². The first kappa shape index (κ1) is 11.3. The van der Waals surface area contributed by atoms with Crippen molar-refractivity contribution in [1.82, 2.24) is 0 Å². The van der Waals surface area contributed by atoms with Crippen molar-refractivity contribution in [3.05, 3.63) is 59.4 Å². The number of rotatable bonds is 2. The van der Waals surface area contributed by atoms with Crippen LogP contribution in [-0.4, -0.2) is 11.1 Å². The quantitative estimate of drug-likeness (QED) is 0.857. The molecule has 17 heavy (non-hydrogen) atoms. The molecule has 0 saturated carbocycles. The molecule has 0 aliphatic carbocycles. The average Bonchev–Trinajstić information content (AvgIpc) is 2.32. The van der Waals surface area contributed by atoms with Crippen LogP contribution in [0.1, 0.15) is 15.9 Å². The zero-order valence-electron chi connectivity index (χ0n) is 9.27. The monoisotopic (exact) mass is 230 g/mol. The largest absolute Gasteiger partial charge is 0.478 e. The Morgan fingerprint density at radius 2 is 1.76 bits per heavy atom. The van der Waals surface area contributed by atoms with Crippen molar-refractivity contribution in [2.75, 3.05) is 0 Å². The molecule has 0 saturated heterocycles.